The van der Waals surface area contributed by atoms with E-state index in [1.807, 2.05) is 0 Å². The molecule has 19 heteroatoms. The molecule has 0 aromatic heterocycles. The number of aliphatic hydroxyl groups excluding tert-OH is 1. The Morgan fingerprint density at radius 3 is 0.694 bits per heavy atom. The van der Waals surface area contributed by atoms with Gasteiger partial charge in [-0.05, 0) is 37.5 Å². The number of hydrogen-bond acceptors (Lipinski definition) is 15. The SMILES string of the molecule is CCCCCCCCCCCCC(=O)OC[C@H](COP(=O)(O)OC[C@H](O)COP(=O)(O)OC[C@@H](COC(=O)CCCCCCCCCCCCCCCCC(C)C)OC(=O)CCCCCCCCCCCCCCCCCCCCC(C)C)OC(=O)CCCCCCCCCCCC. The van der Waals surface area contributed by atoms with E-state index in [9.17, 15) is 43.2 Å². The van der Waals surface area contributed by atoms with Gasteiger partial charge in [-0.1, -0.05) is 363 Å². The van der Waals surface area contributed by atoms with Crippen molar-refractivity contribution in [3.05, 3.63) is 0 Å². The van der Waals surface area contributed by atoms with Gasteiger partial charge in [0.05, 0.1) is 26.4 Å². The van der Waals surface area contributed by atoms with Crippen molar-refractivity contribution >= 4 is 39.5 Å². The molecular weight excluding hydrogens is 1280 g/mol. The van der Waals surface area contributed by atoms with Crippen LogP contribution in [0.2, 0.25) is 0 Å². The average molecular weight is 1440 g/mol. The molecule has 0 aromatic rings. The molecule has 0 radical (unpaired) electrons. The van der Waals surface area contributed by atoms with Crippen molar-refractivity contribution in [2.75, 3.05) is 39.6 Å². The van der Waals surface area contributed by atoms with Crippen LogP contribution in [0.5, 0.6) is 0 Å². The van der Waals surface area contributed by atoms with Crippen LogP contribution < -0.4 is 0 Å². The maximum absolute atomic E-state index is 13.1. The predicted octanol–water partition coefficient (Wildman–Crippen LogP) is 23.5. The summed E-state index contributed by atoms with van der Waals surface area (Å²) >= 11 is 0. The summed E-state index contributed by atoms with van der Waals surface area (Å²) in [6.45, 7) is 9.66. The maximum Gasteiger partial charge on any atom is 0.472 e. The van der Waals surface area contributed by atoms with E-state index in [0.717, 1.165) is 102 Å². The lowest BCUT2D eigenvalue weighted by Gasteiger charge is -2.21. The molecule has 0 amide bonds. The van der Waals surface area contributed by atoms with E-state index in [4.69, 9.17) is 37.0 Å². The lowest BCUT2D eigenvalue weighted by Crippen LogP contribution is -2.30. The number of unbranched alkanes of at least 4 members (excludes halogenated alkanes) is 48. The summed E-state index contributed by atoms with van der Waals surface area (Å²) in [4.78, 5) is 72.8. The summed E-state index contributed by atoms with van der Waals surface area (Å²) in [5.41, 5.74) is 0. The first kappa shape index (κ1) is 96.1. The molecule has 3 N–H and O–H groups in total. The molecule has 0 spiro atoms. The molecule has 98 heavy (non-hydrogen) atoms. The molecule has 0 fully saturated rings. The molecule has 0 saturated carbocycles. The summed E-state index contributed by atoms with van der Waals surface area (Å²) in [7, 11) is -9.91. The number of aliphatic hydroxyl groups is 1. The summed E-state index contributed by atoms with van der Waals surface area (Å²) < 4.78 is 68.6. The fraction of sp³-hybridized carbons (Fsp3) is 0.949. The third kappa shape index (κ3) is 72.4. The van der Waals surface area contributed by atoms with E-state index in [-0.39, 0.29) is 25.7 Å². The lowest BCUT2D eigenvalue weighted by atomic mass is 10.0. The standard InChI is InChI=1S/C79H154O17P2/c1-7-9-11-13-15-17-37-43-49-55-61-76(81)89-67-74(95-78(83)63-57-51-45-38-18-16-14-12-10-8-2)69-93-97(85,86)91-65-73(80)66-92-98(87,88)94-70-75(68-90-77(82)62-56-50-44-39-33-29-26-25-28-32-36-42-48-54-60-72(5)6)96-79(84)64-58-52-46-40-34-30-24-22-20-19-21-23-27-31-35-41-47-53-59-71(3)4/h71-75,80H,7-70H2,1-6H3,(H,85,86)(H,87,88)/t73-,74+,75+/m0/s1. The number of phosphoric ester groups is 2. The van der Waals surface area contributed by atoms with Crippen LogP contribution in [-0.4, -0.2) is 96.7 Å². The number of rotatable bonds is 78. The molecule has 0 heterocycles. The molecule has 0 bridgehead atoms. The third-order valence-electron chi connectivity index (χ3n) is 18.5. The van der Waals surface area contributed by atoms with Crippen molar-refractivity contribution in [3.8, 4) is 0 Å². The average Bonchev–Trinajstić information content (AvgIpc) is 1.03. The molecule has 17 nitrogen and oxygen atoms in total. The normalized spacial score (nSPS) is 13.9. The zero-order valence-electron chi connectivity index (χ0n) is 64.1. The Kier molecular flexibility index (Phi) is 69.3. The van der Waals surface area contributed by atoms with Gasteiger partial charge in [0.25, 0.3) is 0 Å². The Bertz CT molecular complexity index is 1890. The zero-order valence-corrected chi connectivity index (χ0v) is 65.9. The van der Waals surface area contributed by atoms with Gasteiger partial charge in [0.15, 0.2) is 12.2 Å². The van der Waals surface area contributed by atoms with Gasteiger partial charge in [-0.25, -0.2) is 9.13 Å². The van der Waals surface area contributed by atoms with E-state index >= 15 is 0 Å². The fourth-order valence-electron chi connectivity index (χ4n) is 12.2. The molecule has 582 valence electrons. The van der Waals surface area contributed by atoms with E-state index in [1.165, 1.54) is 231 Å². The van der Waals surface area contributed by atoms with Gasteiger partial charge in [0.2, 0.25) is 0 Å². The Morgan fingerprint density at radius 1 is 0.276 bits per heavy atom. The number of hydrogen-bond donors (Lipinski definition) is 3. The Morgan fingerprint density at radius 2 is 0.469 bits per heavy atom. The molecule has 5 atom stereocenters. The molecule has 0 aromatic carbocycles. The number of carbonyl (C=O) groups excluding carboxylic acids is 4. The lowest BCUT2D eigenvalue weighted by molar-refractivity contribution is -0.161. The van der Waals surface area contributed by atoms with Crippen molar-refractivity contribution in [2.24, 2.45) is 11.8 Å². The second-order valence-corrected chi connectivity index (χ2v) is 32.3. The third-order valence-corrected chi connectivity index (χ3v) is 20.4. The Hall–Kier alpha value is -1.94. The summed E-state index contributed by atoms with van der Waals surface area (Å²) in [6, 6.07) is 0. The van der Waals surface area contributed by atoms with Crippen molar-refractivity contribution in [1.82, 2.24) is 0 Å². The van der Waals surface area contributed by atoms with Crippen LogP contribution in [0.3, 0.4) is 0 Å². The fourth-order valence-corrected chi connectivity index (χ4v) is 13.8. The van der Waals surface area contributed by atoms with Gasteiger partial charge in [-0.3, -0.25) is 37.3 Å². The topological polar surface area (TPSA) is 237 Å². The molecule has 0 aliphatic heterocycles. The first-order chi connectivity index (χ1) is 47.4. The van der Waals surface area contributed by atoms with Crippen LogP contribution >= 0.6 is 15.6 Å². The van der Waals surface area contributed by atoms with Gasteiger partial charge >= 0.3 is 39.5 Å². The van der Waals surface area contributed by atoms with Crippen LogP contribution in [0, 0.1) is 11.8 Å². The van der Waals surface area contributed by atoms with Crippen LogP contribution in [0.4, 0.5) is 0 Å². The van der Waals surface area contributed by atoms with Crippen molar-refractivity contribution < 1.29 is 80.2 Å². The highest BCUT2D eigenvalue weighted by Gasteiger charge is 2.30. The maximum atomic E-state index is 13.1. The number of esters is 4. The Balaban J connectivity index is 5.19. The number of ether oxygens (including phenoxy) is 4. The Labute approximate surface area is 600 Å². The van der Waals surface area contributed by atoms with Gasteiger partial charge < -0.3 is 33.8 Å². The van der Waals surface area contributed by atoms with Crippen molar-refractivity contribution in [3.63, 3.8) is 0 Å². The first-order valence-corrected chi connectivity index (χ1v) is 44.0. The molecule has 0 rings (SSSR count). The largest absolute Gasteiger partial charge is 0.472 e. The smallest absolute Gasteiger partial charge is 0.462 e. The first-order valence-electron chi connectivity index (χ1n) is 41.0. The van der Waals surface area contributed by atoms with E-state index < -0.39 is 97.5 Å². The second-order valence-electron chi connectivity index (χ2n) is 29.4. The minimum atomic E-state index is -4.96. The summed E-state index contributed by atoms with van der Waals surface area (Å²) in [6.07, 6.45) is 59.7. The van der Waals surface area contributed by atoms with E-state index in [1.54, 1.807) is 0 Å². The highest BCUT2D eigenvalue weighted by atomic mass is 31.2. The van der Waals surface area contributed by atoms with Crippen LogP contribution in [0.25, 0.3) is 0 Å². The zero-order chi connectivity index (χ0) is 72.1. The number of phosphoric acid groups is 2. The highest BCUT2D eigenvalue weighted by molar-refractivity contribution is 7.47. The molecule has 0 aliphatic rings. The minimum Gasteiger partial charge on any atom is -0.462 e. The van der Waals surface area contributed by atoms with Gasteiger partial charge in [0.1, 0.15) is 19.3 Å². The molecule has 2 unspecified atom stereocenters. The van der Waals surface area contributed by atoms with Gasteiger partial charge in [-0.15, -0.1) is 0 Å². The van der Waals surface area contributed by atoms with Gasteiger partial charge in [0, 0.05) is 25.7 Å². The van der Waals surface area contributed by atoms with Gasteiger partial charge in [-0.2, -0.15) is 0 Å². The predicted molar refractivity (Wildman–Crippen MR) is 400 cm³/mol. The van der Waals surface area contributed by atoms with Crippen molar-refractivity contribution in [1.29, 1.82) is 0 Å². The van der Waals surface area contributed by atoms with Crippen LogP contribution in [-0.2, 0) is 65.4 Å². The number of carbonyl (C=O) groups is 4. The second kappa shape index (κ2) is 70.7. The summed E-state index contributed by atoms with van der Waals surface area (Å²) in [5, 5.41) is 10.6. The summed E-state index contributed by atoms with van der Waals surface area (Å²) in [5.74, 6) is -0.492. The minimum absolute atomic E-state index is 0.107. The molecule has 0 aliphatic carbocycles. The monoisotopic (exact) mass is 1440 g/mol. The van der Waals surface area contributed by atoms with Crippen molar-refractivity contribution in [2.45, 2.75) is 432 Å². The molecular formula is C79H154O17P2. The van der Waals surface area contributed by atoms with Crippen LogP contribution in [0.1, 0.15) is 414 Å². The quantitative estimate of drug-likeness (QED) is 0.0222. The molecule has 0 saturated heterocycles. The van der Waals surface area contributed by atoms with E-state index in [0.29, 0.717) is 25.7 Å². The highest BCUT2D eigenvalue weighted by Crippen LogP contribution is 2.45. The van der Waals surface area contributed by atoms with E-state index in [2.05, 4.69) is 41.5 Å². The van der Waals surface area contributed by atoms with Crippen LogP contribution in [0.15, 0.2) is 0 Å².